The quantitative estimate of drug-likeness (QED) is 0.766. The zero-order valence-corrected chi connectivity index (χ0v) is 14.4. The number of ether oxygens (including phenoxy) is 1. The van der Waals surface area contributed by atoms with Crippen molar-refractivity contribution in [2.45, 2.75) is 17.9 Å². The van der Waals surface area contributed by atoms with Gasteiger partial charge < -0.3 is 4.74 Å². The average molecular weight is 341 g/mol. The molecule has 3 aromatic carbocycles. The Morgan fingerprint density at radius 3 is 2.25 bits per heavy atom. The normalized spacial score (nSPS) is 12.9. The van der Waals surface area contributed by atoms with Gasteiger partial charge in [0.05, 0.1) is 12.0 Å². The van der Waals surface area contributed by atoms with Crippen LogP contribution in [0.4, 0.5) is 0 Å². The molecule has 0 aromatic heterocycles. The lowest BCUT2D eigenvalue weighted by atomic mass is 10.0. The Hall–Kier alpha value is -2.37. The molecule has 0 aliphatic heterocycles. The molecule has 24 heavy (non-hydrogen) atoms. The molecular formula is C19H19NO3S. The highest BCUT2D eigenvalue weighted by Crippen LogP contribution is 2.22. The van der Waals surface area contributed by atoms with E-state index in [1.54, 1.807) is 19.2 Å². The lowest BCUT2D eigenvalue weighted by Crippen LogP contribution is -2.26. The fourth-order valence-electron chi connectivity index (χ4n) is 2.60. The van der Waals surface area contributed by atoms with E-state index in [1.807, 2.05) is 49.4 Å². The molecule has 0 aliphatic carbocycles. The van der Waals surface area contributed by atoms with Gasteiger partial charge in [-0.3, -0.25) is 0 Å². The average Bonchev–Trinajstić information content (AvgIpc) is 2.61. The van der Waals surface area contributed by atoms with Gasteiger partial charge in [-0.25, -0.2) is 13.1 Å². The van der Waals surface area contributed by atoms with Gasteiger partial charge >= 0.3 is 0 Å². The molecule has 0 heterocycles. The predicted molar refractivity (Wildman–Crippen MR) is 95.7 cm³/mol. The molecule has 0 aliphatic rings. The molecule has 0 fully saturated rings. The molecule has 124 valence electrons. The van der Waals surface area contributed by atoms with Crippen LogP contribution in [0.3, 0.4) is 0 Å². The molecule has 0 radical (unpaired) electrons. The van der Waals surface area contributed by atoms with Crippen LogP contribution in [0.25, 0.3) is 10.8 Å². The van der Waals surface area contributed by atoms with Gasteiger partial charge in [0.1, 0.15) is 5.75 Å². The van der Waals surface area contributed by atoms with Crippen LogP contribution in [-0.2, 0) is 10.0 Å². The second-order valence-electron chi connectivity index (χ2n) is 5.63. The number of benzene rings is 3. The summed E-state index contributed by atoms with van der Waals surface area (Å²) >= 11 is 0. The van der Waals surface area contributed by atoms with Crippen molar-refractivity contribution in [1.29, 1.82) is 0 Å². The Morgan fingerprint density at radius 1 is 0.917 bits per heavy atom. The van der Waals surface area contributed by atoms with E-state index in [2.05, 4.69) is 4.72 Å². The molecule has 1 atom stereocenters. The summed E-state index contributed by atoms with van der Waals surface area (Å²) in [5, 5.41) is 2.22. The number of methoxy groups -OCH3 is 1. The zero-order valence-electron chi connectivity index (χ0n) is 13.6. The molecule has 0 amide bonds. The van der Waals surface area contributed by atoms with Gasteiger partial charge in [0.2, 0.25) is 10.0 Å². The van der Waals surface area contributed by atoms with Gasteiger partial charge in [-0.2, -0.15) is 0 Å². The standard InChI is InChI=1S/C19H19NO3S/c1-14(16-8-7-15-5-3-4-6-17(15)13-16)20-24(21,22)19-11-9-18(23-2)10-12-19/h3-14,20H,1-2H3. The highest BCUT2D eigenvalue weighted by atomic mass is 32.2. The van der Waals surface area contributed by atoms with E-state index in [1.165, 1.54) is 12.1 Å². The molecule has 5 heteroatoms. The maximum Gasteiger partial charge on any atom is 0.241 e. The van der Waals surface area contributed by atoms with Crippen LogP contribution in [0, 0.1) is 0 Å². The van der Waals surface area contributed by atoms with Crippen molar-refractivity contribution in [3.63, 3.8) is 0 Å². The summed E-state index contributed by atoms with van der Waals surface area (Å²) in [6.45, 7) is 1.84. The lowest BCUT2D eigenvalue weighted by Gasteiger charge is -2.15. The van der Waals surface area contributed by atoms with Crippen LogP contribution in [0.5, 0.6) is 5.75 Å². The van der Waals surface area contributed by atoms with Crippen molar-refractivity contribution in [2.24, 2.45) is 0 Å². The zero-order chi connectivity index (χ0) is 17.2. The third kappa shape index (κ3) is 3.42. The minimum Gasteiger partial charge on any atom is -0.497 e. The Morgan fingerprint density at radius 2 is 1.58 bits per heavy atom. The Kier molecular flexibility index (Phi) is 4.55. The van der Waals surface area contributed by atoms with Gasteiger partial charge in [0, 0.05) is 6.04 Å². The first kappa shape index (κ1) is 16.5. The first-order valence-electron chi connectivity index (χ1n) is 7.65. The van der Waals surface area contributed by atoms with Crippen LogP contribution < -0.4 is 9.46 Å². The third-order valence-electron chi connectivity index (χ3n) is 3.98. The van der Waals surface area contributed by atoms with Gasteiger partial charge in [-0.05, 0) is 53.6 Å². The number of nitrogens with one attached hydrogen (secondary N) is 1. The van der Waals surface area contributed by atoms with E-state index in [0.29, 0.717) is 5.75 Å². The van der Waals surface area contributed by atoms with Crippen molar-refractivity contribution in [2.75, 3.05) is 7.11 Å². The van der Waals surface area contributed by atoms with Crippen molar-refractivity contribution >= 4 is 20.8 Å². The maximum atomic E-state index is 12.5. The second kappa shape index (κ2) is 6.63. The summed E-state index contributed by atoms with van der Waals surface area (Å²) < 4.78 is 32.8. The van der Waals surface area contributed by atoms with Gasteiger partial charge in [0.15, 0.2) is 0 Å². The number of fused-ring (bicyclic) bond motifs is 1. The van der Waals surface area contributed by atoms with Crippen LogP contribution in [0.2, 0.25) is 0 Å². The van der Waals surface area contributed by atoms with Gasteiger partial charge in [-0.1, -0.05) is 36.4 Å². The van der Waals surface area contributed by atoms with E-state index < -0.39 is 10.0 Å². The largest absolute Gasteiger partial charge is 0.497 e. The Labute approximate surface area is 142 Å². The molecule has 0 saturated carbocycles. The summed E-state index contributed by atoms with van der Waals surface area (Å²) in [6, 6.07) is 20.0. The highest BCUT2D eigenvalue weighted by molar-refractivity contribution is 7.89. The minimum absolute atomic E-state index is 0.218. The summed E-state index contributed by atoms with van der Waals surface area (Å²) in [4.78, 5) is 0.218. The number of sulfonamides is 1. The first-order chi connectivity index (χ1) is 11.5. The van der Waals surface area contributed by atoms with E-state index in [9.17, 15) is 8.42 Å². The Balaban J connectivity index is 1.84. The highest BCUT2D eigenvalue weighted by Gasteiger charge is 2.18. The molecule has 0 bridgehead atoms. The summed E-state index contributed by atoms with van der Waals surface area (Å²) in [7, 11) is -2.05. The fraction of sp³-hybridized carbons (Fsp3) is 0.158. The second-order valence-corrected chi connectivity index (χ2v) is 7.34. The molecule has 3 aromatic rings. The van der Waals surface area contributed by atoms with Crippen LogP contribution in [-0.4, -0.2) is 15.5 Å². The van der Waals surface area contributed by atoms with Gasteiger partial charge in [0.25, 0.3) is 0 Å². The molecule has 1 N–H and O–H groups in total. The van der Waals surface area contributed by atoms with Crippen LogP contribution in [0.1, 0.15) is 18.5 Å². The first-order valence-corrected chi connectivity index (χ1v) is 9.13. The predicted octanol–water partition coefficient (Wildman–Crippen LogP) is 3.89. The van der Waals surface area contributed by atoms with Crippen molar-refractivity contribution in [1.82, 2.24) is 4.72 Å². The smallest absolute Gasteiger partial charge is 0.241 e. The van der Waals surface area contributed by atoms with Crippen LogP contribution in [0.15, 0.2) is 71.6 Å². The SMILES string of the molecule is COc1ccc(S(=O)(=O)NC(C)c2ccc3ccccc3c2)cc1. The summed E-state index contributed by atoms with van der Waals surface area (Å²) in [5.74, 6) is 0.622. The van der Waals surface area contributed by atoms with Crippen molar-refractivity contribution < 1.29 is 13.2 Å². The molecule has 4 nitrogen and oxygen atoms in total. The lowest BCUT2D eigenvalue weighted by molar-refractivity contribution is 0.414. The van der Waals surface area contributed by atoms with E-state index in [4.69, 9.17) is 4.74 Å². The molecule has 0 saturated heterocycles. The van der Waals surface area contributed by atoms with Crippen molar-refractivity contribution in [3.05, 3.63) is 72.3 Å². The number of hydrogen-bond acceptors (Lipinski definition) is 3. The van der Waals surface area contributed by atoms with Gasteiger partial charge in [-0.15, -0.1) is 0 Å². The molecule has 1 unspecified atom stereocenters. The fourth-order valence-corrected chi connectivity index (χ4v) is 3.83. The van der Waals surface area contributed by atoms with Crippen LogP contribution >= 0.6 is 0 Å². The monoisotopic (exact) mass is 341 g/mol. The van der Waals surface area contributed by atoms with E-state index >= 15 is 0 Å². The summed E-state index contributed by atoms with van der Waals surface area (Å²) in [6.07, 6.45) is 0. The number of hydrogen-bond donors (Lipinski definition) is 1. The molecule has 0 spiro atoms. The summed E-state index contributed by atoms with van der Waals surface area (Å²) in [5.41, 5.74) is 0.922. The topological polar surface area (TPSA) is 55.4 Å². The third-order valence-corrected chi connectivity index (χ3v) is 5.53. The van der Waals surface area contributed by atoms with Crippen molar-refractivity contribution in [3.8, 4) is 5.75 Å². The molecular weight excluding hydrogens is 322 g/mol. The maximum absolute atomic E-state index is 12.5. The Bertz CT molecular complexity index is 950. The number of rotatable bonds is 5. The minimum atomic E-state index is -3.59. The van der Waals surface area contributed by atoms with E-state index in [0.717, 1.165) is 16.3 Å². The van der Waals surface area contributed by atoms with E-state index in [-0.39, 0.29) is 10.9 Å². The molecule has 3 rings (SSSR count).